The van der Waals surface area contributed by atoms with Gasteiger partial charge in [0, 0.05) is 23.6 Å². The Kier molecular flexibility index (Phi) is 4.62. The van der Waals surface area contributed by atoms with E-state index in [2.05, 4.69) is 21.9 Å². The van der Waals surface area contributed by atoms with Gasteiger partial charge in [0.15, 0.2) is 0 Å². The maximum Gasteiger partial charge on any atom is 0.255 e. The standard InChI is InChI=1S/C21H17N3OS/c25-21(17-7-5-16(6-8-17)14-24-11-2-10-22-24)23-20-4-1-3-18(13-20)19-9-12-26-15-19/h1-13,15H,14H2,(H,23,25). The fourth-order valence-electron chi connectivity index (χ4n) is 2.75. The van der Waals surface area contributed by atoms with Gasteiger partial charge >= 0.3 is 0 Å². The molecular weight excluding hydrogens is 342 g/mol. The van der Waals surface area contributed by atoms with Crippen LogP contribution in [-0.2, 0) is 6.54 Å². The van der Waals surface area contributed by atoms with E-state index in [1.807, 2.05) is 70.9 Å². The number of carbonyl (C=O) groups excluding carboxylic acids is 1. The molecule has 0 unspecified atom stereocenters. The van der Waals surface area contributed by atoms with E-state index in [1.54, 1.807) is 17.5 Å². The minimum absolute atomic E-state index is 0.113. The second kappa shape index (κ2) is 7.37. The molecular formula is C21H17N3OS. The molecule has 1 amide bonds. The molecule has 0 aliphatic heterocycles. The Balaban J connectivity index is 1.45. The molecule has 0 spiro atoms. The Morgan fingerprint density at radius 1 is 1.04 bits per heavy atom. The average molecular weight is 359 g/mol. The van der Waals surface area contributed by atoms with Gasteiger partial charge in [-0.1, -0.05) is 24.3 Å². The summed E-state index contributed by atoms with van der Waals surface area (Å²) < 4.78 is 1.85. The lowest BCUT2D eigenvalue weighted by atomic mass is 10.1. The first kappa shape index (κ1) is 16.3. The third-order valence-electron chi connectivity index (χ3n) is 4.09. The predicted molar refractivity (Wildman–Crippen MR) is 105 cm³/mol. The number of hydrogen-bond donors (Lipinski definition) is 1. The van der Waals surface area contributed by atoms with Crippen LogP contribution in [0.3, 0.4) is 0 Å². The highest BCUT2D eigenvalue weighted by Crippen LogP contribution is 2.25. The van der Waals surface area contributed by atoms with Crippen molar-refractivity contribution in [2.24, 2.45) is 0 Å². The third kappa shape index (κ3) is 3.73. The van der Waals surface area contributed by atoms with Crippen molar-refractivity contribution in [1.29, 1.82) is 0 Å². The molecule has 0 saturated heterocycles. The van der Waals surface area contributed by atoms with Crippen LogP contribution in [0.2, 0.25) is 0 Å². The van der Waals surface area contributed by atoms with Crippen molar-refractivity contribution in [2.75, 3.05) is 5.32 Å². The van der Waals surface area contributed by atoms with Gasteiger partial charge in [-0.2, -0.15) is 16.4 Å². The summed E-state index contributed by atoms with van der Waals surface area (Å²) in [7, 11) is 0. The van der Waals surface area contributed by atoms with Crippen LogP contribution in [0.15, 0.2) is 83.8 Å². The van der Waals surface area contributed by atoms with E-state index in [9.17, 15) is 4.79 Å². The Labute approximate surface area is 155 Å². The lowest BCUT2D eigenvalue weighted by Crippen LogP contribution is -2.12. The fourth-order valence-corrected chi connectivity index (χ4v) is 3.42. The summed E-state index contributed by atoms with van der Waals surface area (Å²) in [5.74, 6) is -0.113. The molecule has 26 heavy (non-hydrogen) atoms. The van der Waals surface area contributed by atoms with E-state index < -0.39 is 0 Å². The number of nitrogens with zero attached hydrogens (tertiary/aromatic N) is 2. The zero-order chi connectivity index (χ0) is 17.8. The summed E-state index contributed by atoms with van der Waals surface area (Å²) in [6, 6.07) is 19.5. The molecule has 0 bridgehead atoms. The van der Waals surface area contributed by atoms with Gasteiger partial charge in [-0.3, -0.25) is 9.48 Å². The van der Waals surface area contributed by atoms with Crippen LogP contribution in [-0.4, -0.2) is 15.7 Å². The number of aromatic nitrogens is 2. The number of rotatable bonds is 5. The zero-order valence-electron chi connectivity index (χ0n) is 14.0. The highest BCUT2D eigenvalue weighted by Gasteiger charge is 2.07. The topological polar surface area (TPSA) is 46.9 Å². The Hall–Kier alpha value is -3.18. The average Bonchev–Trinajstić information content (AvgIpc) is 3.37. The number of nitrogens with one attached hydrogen (secondary N) is 1. The monoisotopic (exact) mass is 359 g/mol. The molecule has 4 nitrogen and oxygen atoms in total. The minimum atomic E-state index is -0.113. The van der Waals surface area contributed by atoms with Crippen LogP contribution >= 0.6 is 11.3 Å². The Morgan fingerprint density at radius 3 is 2.65 bits per heavy atom. The number of anilines is 1. The van der Waals surface area contributed by atoms with E-state index >= 15 is 0 Å². The van der Waals surface area contributed by atoms with Gasteiger partial charge in [0.1, 0.15) is 0 Å². The Bertz CT molecular complexity index is 990. The maximum atomic E-state index is 12.5. The van der Waals surface area contributed by atoms with Crippen molar-refractivity contribution in [1.82, 2.24) is 9.78 Å². The number of carbonyl (C=O) groups is 1. The third-order valence-corrected chi connectivity index (χ3v) is 4.78. The van der Waals surface area contributed by atoms with E-state index in [-0.39, 0.29) is 5.91 Å². The minimum Gasteiger partial charge on any atom is -0.322 e. The second-order valence-electron chi connectivity index (χ2n) is 5.95. The molecule has 2 aromatic carbocycles. The summed E-state index contributed by atoms with van der Waals surface area (Å²) in [6.07, 6.45) is 3.67. The molecule has 0 aliphatic carbocycles. The molecule has 128 valence electrons. The number of hydrogen-bond acceptors (Lipinski definition) is 3. The normalized spacial score (nSPS) is 10.6. The summed E-state index contributed by atoms with van der Waals surface area (Å²) in [4.78, 5) is 12.5. The molecule has 0 saturated carbocycles. The molecule has 0 radical (unpaired) electrons. The van der Waals surface area contributed by atoms with E-state index in [0.29, 0.717) is 12.1 Å². The van der Waals surface area contributed by atoms with Gasteiger partial charge in [-0.15, -0.1) is 0 Å². The highest BCUT2D eigenvalue weighted by molar-refractivity contribution is 7.08. The molecule has 1 N–H and O–H groups in total. The van der Waals surface area contributed by atoms with Gasteiger partial charge < -0.3 is 5.32 Å². The lowest BCUT2D eigenvalue weighted by Gasteiger charge is -2.08. The van der Waals surface area contributed by atoms with Crippen molar-refractivity contribution in [2.45, 2.75) is 6.54 Å². The molecule has 0 fully saturated rings. The quantitative estimate of drug-likeness (QED) is 0.550. The molecule has 2 heterocycles. The van der Waals surface area contributed by atoms with Gasteiger partial charge in [0.05, 0.1) is 6.54 Å². The molecule has 5 heteroatoms. The van der Waals surface area contributed by atoms with Gasteiger partial charge in [-0.05, 0) is 63.8 Å². The van der Waals surface area contributed by atoms with Gasteiger partial charge in [0.2, 0.25) is 0 Å². The largest absolute Gasteiger partial charge is 0.322 e. The fraction of sp³-hybridized carbons (Fsp3) is 0.0476. The van der Waals surface area contributed by atoms with Crippen LogP contribution in [0, 0.1) is 0 Å². The summed E-state index contributed by atoms with van der Waals surface area (Å²) in [5.41, 5.74) is 4.78. The van der Waals surface area contributed by atoms with Crippen LogP contribution < -0.4 is 5.32 Å². The van der Waals surface area contributed by atoms with Crippen LogP contribution in [0.1, 0.15) is 15.9 Å². The number of benzene rings is 2. The Morgan fingerprint density at radius 2 is 1.92 bits per heavy atom. The van der Waals surface area contributed by atoms with Crippen molar-refractivity contribution in [3.63, 3.8) is 0 Å². The first-order chi connectivity index (χ1) is 12.8. The lowest BCUT2D eigenvalue weighted by molar-refractivity contribution is 0.102. The molecule has 4 aromatic rings. The smallest absolute Gasteiger partial charge is 0.255 e. The van der Waals surface area contributed by atoms with Crippen molar-refractivity contribution >= 4 is 22.9 Å². The van der Waals surface area contributed by atoms with Crippen LogP contribution in [0.5, 0.6) is 0 Å². The zero-order valence-corrected chi connectivity index (χ0v) is 14.8. The maximum absolute atomic E-state index is 12.5. The predicted octanol–water partition coefficient (Wildman–Crippen LogP) is 4.91. The van der Waals surface area contributed by atoms with Crippen molar-refractivity contribution in [3.8, 4) is 11.1 Å². The van der Waals surface area contributed by atoms with E-state index in [4.69, 9.17) is 0 Å². The highest BCUT2D eigenvalue weighted by atomic mass is 32.1. The number of thiophene rings is 1. The summed E-state index contributed by atoms with van der Waals surface area (Å²) in [5, 5.41) is 11.3. The van der Waals surface area contributed by atoms with Crippen LogP contribution in [0.4, 0.5) is 5.69 Å². The SMILES string of the molecule is O=C(Nc1cccc(-c2ccsc2)c1)c1ccc(Cn2cccn2)cc1. The molecule has 2 aromatic heterocycles. The van der Waals surface area contributed by atoms with Gasteiger partial charge in [-0.25, -0.2) is 0 Å². The van der Waals surface area contributed by atoms with Crippen molar-refractivity contribution in [3.05, 3.63) is 94.9 Å². The van der Waals surface area contributed by atoms with Crippen LogP contribution in [0.25, 0.3) is 11.1 Å². The van der Waals surface area contributed by atoms with E-state index in [0.717, 1.165) is 22.4 Å². The molecule has 0 atom stereocenters. The summed E-state index contributed by atoms with van der Waals surface area (Å²) >= 11 is 1.66. The van der Waals surface area contributed by atoms with Crippen molar-refractivity contribution < 1.29 is 4.79 Å². The first-order valence-corrected chi connectivity index (χ1v) is 9.22. The second-order valence-corrected chi connectivity index (χ2v) is 6.73. The number of amides is 1. The van der Waals surface area contributed by atoms with Gasteiger partial charge in [0.25, 0.3) is 5.91 Å². The van der Waals surface area contributed by atoms with E-state index in [1.165, 1.54) is 0 Å². The molecule has 0 aliphatic rings. The molecule has 4 rings (SSSR count). The first-order valence-electron chi connectivity index (χ1n) is 8.28. The summed E-state index contributed by atoms with van der Waals surface area (Å²) in [6.45, 7) is 0.692.